The number of benzene rings is 2. The van der Waals surface area contributed by atoms with Gasteiger partial charge < -0.3 is 13.9 Å². The van der Waals surface area contributed by atoms with Crippen LogP contribution in [0.15, 0.2) is 62.6 Å². The molecule has 0 aliphatic carbocycles. The molecule has 0 N–H and O–H groups in total. The van der Waals surface area contributed by atoms with Gasteiger partial charge in [0.05, 0.1) is 17.6 Å². The topological polar surface area (TPSA) is 103 Å². The van der Waals surface area contributed by atoms with Crippen molar-refractivity contribution in [1.82, 2.24) is 4.31 Å². The summed E-state index contributed by atoms with van der Waals surface area (Å²) in [6.07, 6.45) is 0. The molecule has 164 valence electrons. The molecule has 0 fully saturated rings. The van der Waals surface area contributed by atoms with Crippen LogP contribution in [-0.4, -0.2) is 38.9 Å². The van der Waals surface area contributed by atoms with Gasteiger partial charge in [-0.3, -0.25) is 0 Å². The molecular weight excluding hydrogens is 422 g/mol. The molecule has 1 heterocycles. The molecule has 0 bridgehead atoms. The molecule has 0 saturated carbocycles. The van der Waals surface area contributed by atoms with Crippen molar-refractivity contribution in [3.63, 3.8) is 0 Å². The molecule has 0 aliphatic rings. The predicted octanol–water partition coefficient (Wildman–Crippen LogP) is 3.19. The number of fused-ring (bicyclic) bond motifs is 1. The second-order valence-corrected chi connectivity index (χ2v) is 9.17. The Hall–Kier alpha value is -3.17. The van der Waals surface area contributed by atoms with Crippen LogP contribution in [0.2, 0.25) is 0 Å². The second-order valence-electron chi connectivity index (χ2n) is 7.17. The second kappa shape index (κ2) is 8.91. The molecule has 0 amide bonds. The van der Waals surface area contributed by atoms with Gasteiger partial charge in [-0.2, -0.15) is 4.31 Å². The number of carbonyl (C=O) groups excluding carboxylic acids is 1. The van der Waals surface area contributed by atoms with Gasteiger partial charge in [0, 0.05) is 36.2 Å². The lowest BCUT2D eigenvalue weighted by Gasteiger charge is -2.21. The molecule has 31 heavy (non-hydrogen) atoms. The molecule has 1 aromatic heterocycles. The first-order valence-electron chi connectivity index (χ1n) is 9.49. The molecule has 0 atom stereocenters. The highest BCUT2D eigenvalue weighted by Gasteiger charge is 2.24. The van der Waals surface area contributed by atoms with Crippen molar-refractivity contribution in [3.05, 3.63) is 70.1 Å². The highest BCUT2D eigenvalue weighted by Crippen LogP contribution is 2.24. The fourth-order valence-electron chi connectivity index (χ4n) is 2.91. The van der Waals surface area contributed by atoms with Gasteiger partial charge in [-0.15, -0.1) is 0 Å². The standard InChI is InChI=1S/C22H23NO7S/c1-14(2)23(3)31(26,27)18-7-5-6-15(10-18)22(25)29-13-16-11-21(24)30-20-12-17(28-4)8-9-19(16)20/h5-12,14H,13H2,1-4H3. The number of sulfonamides is 1. The molecule has 3 aromatic rings. The molecule has 8 nitrogen and oxygen atoms in total. The third-order valence-electron chi connectivity index (χ3n) is 4.87. The normalized spacial score (nSPS) is 11.8. The van der Waals surface area contributed by atoms with Crippen LogP contribution < -0.4 is 10.4 Å². The number of hydrogen-bond donors (Lipinski definition) is 0. The first kappa shape index (κ1) is 22.5. The Morgan fingerprint density at radius 2 is 1.87 bits per heavy atom. The van der Waals surface area contributed by atoms with Gasteiger partial charge in [0.25, 0.3) is 0 Å². The largest absolute Gasteiger partial charge is 0.497 e. The molecule has 3 rings (SSSR count). The van der Waals surface area contributed by atoms with E-state index in [1.807, 2.05) is 0 Å². The van der Waals surface area contributed by atoms with Crippen molar-refractivity contribution >= 4 is 27.0 Å². The van der Waals surface area contributed by atoms with Crippen molar-refractivity contribution < 1.29 is 27.1 Å². The molecule has 0 saturated heterocycles. The zero-order valence-corrected chi connectivity index (χ0v) is 18.4. The van der Waals surface area contributed by atoms with Gasteiger partial charge in [0.2, 0.25) is 10.0 Å². The van der Waals surface area contributed by atoms with Crippen LogP contribution in [-0.2, 0) is 21.4 Å². The van der Waals surface area contributed by atoms with Crippen LogP contribution in [0.5, 0.6) is 5.75 Å². The van der Waals surface area contributed by atoms with Crippen molar-refractivity contribution in [2.75, 3.05) is 14.2 Å². The van der Waals surface area contributed by atoms with Crippen LogP contribution in [0.4, 0.5) is 0 Å². The van der Waals surface area contributed by atoms with Crippen LogP contribution in [0.25, 0.3) is 11.0 Å². The SMILES string of the molecule is COc1ccc2c(COC(=O)c3cccc(S(=O)(=O)N(C)C(C)C)c3)cc(=O)oc2c1. The van der Waals surface area contributed by atoms with E-state index in [2.05, 4.69) is 0 Å². The summed E-state index contributed by atoms with van der Waals surface area (Å²) in [7, 11) is -0.766. The van der Waals surface area contributed by atoms with Gasteiger partial charge in [-0.25, -0.2) is 18.0 Å². The summed E-state index contributed by atoms with van der Waals surface area (Å²) in [6.45, 7) is 3.33. The van der Waals surface area contributed by atoms with Gasteiger partial charge in [0.15, 0.2) is 0 Å². The first-order chi connectivity index (χ1) is 14.6. The summed E-state index contributed by atoms with van der Waals surface area (Å²) in [5.41, 5.74) is 0.275. The van der Waals surface area contributed by atoms with Crippen molar-refractivity contribution in [2.45, 2.75) is 31.4 Å². The van der Waals surface area contributed by atoms with Crippen LogP contribution in [0.1, 0.15) is 29.8 Å². The first-order valence-corrected chi connectivity index (χ1v) is 10.9. The van der Waals surface area contributed by atoms with Crippen LogP contribution in [0.3, 0.4) is 0 Å². The maximum Gasteiger partial charge on any atom is 0.338 e. The van der Waals surface area contributed by atoms with E-state index >= 15 is 0 Å². The van der Waals surface area contributed by atoms with Crippen LogP contribution in [0, 0.1) is 0 Å². The van der Waals surface area contributed by atoms with Crippen molar-refractivity contribution in [1.29, 1.82) is 0 Å². The van der Waals surface area contributed by atoms with E-state index in [1.165, 1.54) is 48.8 Å². The van der Waals surface area contributed by atoms with Gasteiger partial charge in [0.1, 0.15) is 17.9 Å². The minimum absolute atomic E-state index is 0.00366. The van der Waals surface area contributed by atoms with Crippen molar-refractivity contribution in [3.8, 4) is 5.75 Å². The van der Waals surface area contributed by atoms with E-state index in [-0.39, 0.29) is 23.1 Å². The molecule has 9 heteroatoms. The third kappa shape index (κ3) is 4.78. The van der Waals surface area contributed by atoms with E-state index in [0.717, 1.165) is 0 Å². The number of nitrogens with zero attached hydrogens (tertiary/aromatic N) is 1. The average Bonchev–Trinajstić information content (AvgIpc) is 2.75. The van der Waals surface area contributed by atoms with Gasteiger partial charge >= 0.3 is 11.6 Å². The van der Waals surface area contributed by atoms with E-state index < -0.39 is 21.6 Å². The Morgan fingerprint density at radius 3 is 2.55 bits per heavy atom. The summed E-state index contributed by atoms with van der Waals surface area (Å²) in [4.78, 5) is 24.4. The zero-order chi connectivity index (χ0) is 22.8. The smallest absolute Gasteiger partial charge is 0.338 e. The number of rotatable bonds is 7. The molecule has 0 unspecified atom stereocenters. The van der Waals surface area contributed by atoms with E-state index in [0.29, 0.717) is 22.3 Å². The Balaban J connectivity index is 1.85. The molecular formula is C22H23NO7S. The monoisotopic (exact) mass is 445 g/mol. The average molecular weight is 445 g/mol. The molecule has 2 aromatic carbocycles. The Morgan fingerprint density at radius 1 is 1.13 bits per heavy atom. The summed E-state index contributed by atoms with van der Waals surface area (Å²) >= 11 is 0. The number of carbonyl (C=O) groups is 1. The fourth-order valence-corrected chi connectivity index (χ4v) is 4.32. The summed E-state index contributed by atoms with van der Waals surface area (Å²) in [6, 6.07) is 11.6. The fraction of sp³-hybridized carbons (Fsp3) is 0.273. The third-order valence-corrected chi connectivity index (χ3v) is 6.90. The summed E-state index contributed by atoms with van der Waals surface area (Å²) in [5, 5.41) is 0.600. The number of hydrogen-bond acceptors (Lipinski definition) is 7. The molecule has 0 aliphatic heterocycles. The predicted molar refractivity (Wildman–Crippen MR) is 115 cm³/mol. The van der Waals surface area contributed by atoms with Crippen LogP contribution >= 0.6 is 0 Å². The highest BCUT2D eigenvalue weighted by molar-refractivity contribution is 7.89. The highest BCUT2D eigenvalue weighted by atomic mass is 32.2. The maximum atomic E-state index is 12.7. The van der Waals surface area contributed by atoms with Gasteiger partial charge in [-0.1, -0.05) is 6.07 Å². The summed E-state index contributed by atoms with van der Waals surface area (Å²) < 4.78 is 42.3. The minimum atomic E-state index is -3.74. The molecule has 0 radical (unpaired) electrons. The Bertz CT molecular complexity index is 1280. The number of esters is 1. The lowest BCUT2D eigenvalue weighted by molar-refractivity contribution is 0.0473. The molecule has 0 spiro atoms. The quantitative estimate of drug-likeness (QED) is 0.406. The van der Waals surface area contributed by atoms with E-state index in [9.17, 15) is 18.0 Å². The van der Waals surface area contributed by atoms with Crippen molar-refractivity contribution in [2.24, 2.45) is 0 Å². The maximum absolute atomic E-state index is 12.7. The number of ether oxygens (including phenoxy) is 2. The Labute approximate surface area is 180 Å². The zero-order valence-electron chi connectivity index (χ0n) is 17.6. The van der Waals surface area contributed by atoms with E-state index in [4.69, 9.17) is 13.9 Å². The summed E-state index contributed by atoms with van der Waals surface area (Å²) in [5.74, 6) is -0.187. The number of methoxy groups -OCH3 is 1. The lowest BCUT2D eigenvalue weighted by atomic mass is 10.1. The van der Waals surface area contributed by atoms with Gasteiger partial charge in [-0.05, 0) is 44.2 Å². The lowest BCUT2D eigenvalue weighted by Crippen LogP contribution is -2.33. The minimum Gasteiger partial charge on any atom is -0.497 e. The Kier molecular flexibility index (Phi) is 6.47. The van der Waals surface area contributed by atoms with E-state index in [1.54, 1.807) is 32.0 Å².